The van der Waals surface area contributed by atoms with Crippen molar-refractivity contribution < 1.29 is 9.13 Å². The van der Waals surface area contributed by atoms with Gasteiger partial charge in [-0.3, -0.25) is 0 Å². The van der Waals surface area contributed by atoms with Crippen LogP contribution in [0.4, 0.5) is 4.39 Å². The van der Waals surface area contributed by atoms with Crippen molar-refractivity contribution in [1.29, 1.82) is 0 Å². The first-order chi connectivity index (χ1) is 9.12. The summed E-state index contributed by atoms with van der Waals surface area (Å²) in [4.78, 5) is 0. The first-order valence-corrected chi connectivity index (χ1v) is 7.22. The molecule has 2 aliphatic rings. The number of benzene rings is 1. The van der Waals surface area contributed by atoms with Crippen molar-refractivity contribution in [3.05, 3.63) is 35.1 Å². The van der Waals surface area contributed by atoms with E-state index in [-0.39, 0.29) is 11.2 Å². The average molecular weight is 263 g/mol. The fourth-order valence-electron chi connectivity index (χ4n) is 3.59. The molecule has 0 aromatic heterocycles. The van der Waals surface area contributed by atoms with Gasteiger partial charge < -0.3 is 10.5 Å². The van der Waals surface area contributed by atoms with Gasteiger partial charge in [-0.15, -0.1) is 0 Å². The minimum absolute atomic E-state index is 0.110. The molecule has 0 radical (unpaired) electrons. The van der Waals surface area contributed by atoms with Gasteiger partial charge in [0.15, 0.2) is 0 Å². The van der Waals surface area contributed by atoms with Gasteiger partial charge in [-0.1, -0.05) is 12.1 Å². The van der Waals surface area contributed by atoms with Crippen LogP contribution < -0.4 is 5.73 Å². The van der Waals surface area contributed by atoms with Crippen LogP contribution in [-0.4, -0.2) is 19.3 Å². The van der Waals surface area contributed by atoms with Crippen LogP contribution >= 0.6 is 0 Å². The number of hydrogen-bond acceptors (Lipinski definition) is 2. The van der Waals surface area contributed by atoms with Crippen molar-refractivity contribution in [3.8, 4) is 0 Å². The highest BCUT2D eigenvalue weighted by atomic mass is 19.1. The van der Waals surface area contributed by atoms with E-state index in [0.29, 0.717) is 12.0 Å². The minimum atomic E-state index is -0.121. The van der Waals surface area contributed by atoms with Crippen LogP contribution in [0.3, 0.4) is 0 Å². The van der Waals surface area contributed by atoms with Crippen LogP contribution in [0, 0.1) is 18.7 Å². The number of halogens is 1. The monoisotopic (exact) mass is 263 g/mol. The van der Waals surface area contributed by atoms with Crippen LogP contribution in [0.15, 0.2) is 18.2 Å². The Kier molecular flexibility index (Phi) is 3.35. The van der Waals surface area contributed by atoms with Crippen molar-refractivity contribution in [3.63, 3.8) is 0 Å². The van der Waals surface area contributed by atoms with E-state index in [1.54, 1.807) is 6.07 Å². The molecule has 3 heteroatoms. The van der Waals surface area contributed by atoms with Crippen molar-refractivity contribution in [2.75, 3.05) is 13.2 Å². The molecule has 1 aromatic carbocycles. The van der Waals surface area contributed by atoms with E-state index in [1.165, 1.54) is 18.4 Å². The molecule has 1 aliphatic carbocycles. The summed E-state index contributed by atoms with van der Waals surface area (Å²) in [7, 11) is 0. The maximum atomic E-state index is 13.5. The van der Waals surface area contributed by atoms with Crippen LogP contribution in [-0.2, 0) is 10.2 Å². The lowest BCUT2D eigenvalue weighted by molar-refractivity contribution is -0.0984. The molecule has 0 bridgehead atoms. The van der Waals surface area contributed by atoms with Gasteiger partial charge in [-0.05, 0) is 55.7 Å². The maximum Gasteiger partial charge on any atom is 0.126 e. The molecule has 0 atom stereocenters. The van der Waals surface area contributed by atoms with E-state index in [0.717, 1.165) is 31.6 Å². The highest BCUT2D eigenvalue weighted by molar-refractivity contribution is 5.33. The highest BCUT2D eigenvalue weighted by Crippen LogP contribution is 2.46. The zero-order valence-corrected chi connectivity index (χ0v) is 11.5. The second kappa shape index (κ2) is 4.88. The summed E-state index contributed by atoms with van der Waals surface area (Å²) in [5.74, 6) is 0.510. The lowest BCUT2D eigenvalue weighted by atomic mass is 9.63. The van der Waals surface area contributed by atoms with Crippen LogP contribution in [0.5, 0.6) is 0 Å². The predicted octanol–water partition coefficient (Wildman–Crippen LogP) is 2.92. The number of hydrogen-bond donors (Lipinski definition) is 1. The molecule has 2 N–H and O–H groups in total. The second-order valence-electron chi connectivity index (χ2n) is 6.22. The van der Waals surface area contributed by atoms with E-state index in [9.17, 15) is 4.39 Å². The number of aryl methyl sites for hydroxylation is 1. The maximum absolute atomic E-state index is 13.5. The predicted molar refractivity (Wildman–Crippen MR) is 73.6 cm³/mol. The van der Waals surface area contributed by atoms with Gasteiger partial charge in [-0.25, -0.2) is 4.39 Å². The molecule has 2 nitrogen and oxygen atoms in total. The molecule has 0 amide bonds. The first kappa shape index (κ1) is 13.1. The van der Waals surface area contributed by atoms with Gasteiger partial charge in [0.25, 0.3) is 0 Å². The Morgan fingerprint density at radius 1 is 1.21 bits per heavy atom. The molecule has 104 valence electrons. The van der Waals surface area contributed by atoms with E-state index in [2.05, 4.69) is 0 Å². The lowest BCUT2D eigenvalue weighted by Gasteiger charge is -2.50. The van der Waals surface area contributed by atoms with Gasteiger partial charge in [0, 0.05) is 11.5 Å². The molecular weight excluding hydrogens is 241 g/mol. The SMILES string of the molecule is Cc1cc(C2(C3CCC(N)CC3)COC2)ccc1F. The van der Waals surface area contributed by atoms with E-state index in [4.69, 9.17) is 10.5 Å². The summed E-state index contributed by atoms with van der Waals surface area (Å²) in [5.41, 5.74) is 8.09. The van der Waals surface area contributed by atoms with Crippen LogP contribution in [0.25, 0.3) is 0 Å². The fraction of sp³-hybridized carbons (Fsp3) is 0.625. The fourth-order valence-corrected chi connectivity index (χ4v) is 3.59. The molecule has 1 saturated heterocycles. The molecule has 1 heterocycles. The highest BCUT2D eigenvalue weighted by Gasteiger charge is 2.47. The molecule has 1 aromatic rings. The van der Waals surface area contributed by atoms with Crippen LogP contribution in [0.1, 0.15) is 36.8 Å². The molecule has 2 fully saturated rings. The van der Waals surface area contributed by atoms with Crippen molar-refractivity contribution in [1.82, 2.24) is 0 Å². The molecular formula is C16H22FNO. The summed E-state index contributed by atoms with van der Waals surface area (Å²) in [6, 6.07) is 5.91. The number of rotatable bonds is 2. The zero-order chi connectivity index (χ0) is 13.5. The Morgan fingerprint density at radius 2 is 1.89 bits per heavy atom. The third kappa shape index (κ3) is 2.19. The van der Waals surface area contributed by atoms with Crippen LogP contribution in [0.2, 0.25) is 0 Å². The van der Waals surface area contributed by atoms with Gasteiger partial charge in [0.2, 0.25) is 0 Å². The number of nitrogens with two attached hydrogens (primary N) is 1. The smallest absolute Gasteiger partial charge is 0.126 e. The molecule has 1 saturated carbocycles. The van der Waals surface area contributed by atoms with Crippen molar-refractivity contribution in [2.24, 2.45) is 11.7 Å². The normalized spacial score (nSPS) is 29.8. The van der Waals surface area contributed by atoms with Gasteiger partial charge in [0.1, 0.15) is 5.82 Å². The number of ether oxygens (including phenoxy) is 1. The first-order valence-electron chi connectivity index (χ1n) is 7.22. The third-order valence-electron chi connectivity index (χ3n) is 5.01. The molecule has 0 unspecified atom stereocenters. The summed E-state index contributed by atoms with van der Waals surface area (Å²) in [5, 5.41) is 0. The van der Waals surface area contributed by atoms with E-state index < -0.39 is 0 Å². The molecule has 3 rings (SSSR count). The average Bonchev–Trinajstić information content (AvgIpc) is 2.34. The Hall–Kier alpha value is -0.930. The molecule has 1 aliphatic heterocycles. The van der Waals surface area contributed by atoms with Crippen molar-refractivity contribution >= 4 is 0 Å². The van der Waals surface area contributed by atoms with Crippen molar-refractivity contribution in [2.45, 2.75) is 44.1 Å². The second-order valence-corrected chi connectivity index (χ2v) is 6.22. The Labute approximate surface area is 114 Å². The Morgan fingerprint density at radius 3 is 2.42 bits per heavy atom. The van der Waals surface area contributed by atoms with Gasteiger partial charge in [-0.2, -0.15) is 0 Å². The van der Waals surface area contributed by atoms with E-state index >= 15 is 0 Å². The molecule has 19 heavy (non-hydrogen) atoms. The topological polar surface area (TPSA) is 35.2 Å². The Balaban J connectivity index is 1.88. The Bertz CT molecular complexity index is 462. The lowest BCUT2D eigenvalue weighted by Crippen LogP contribution is -2.53. The summed E-state index contributed by atoms with van der Waals surface area (Å²) >= 11 is 0. The zero-order valence-electron chi connectivity index (χ0n) is 11.5. The van der Waals surface area contributed by atoms with E-state index in [1.807, 2.05) is 19.1 Å². The quantitative estimate of drug-likeness (QED) is 0.890. The summed E-state index contributed by atoms with van der Waals surface area (Å²) < 4.78 is 19.0. The largest absolute Gasteiger partial charge is 0.379 e. The van der Waals surface area contributed by atoms with Gasteiger partial charge in [0.05, 0.1) is 13.2 Å². The summed E-state index contributed by atoms with van der Waals surface area (Å²) in [6.07, 6.45) is 4.54. The third-order valence-corrected chi connectivity index (χ3v) is 5.01. The minimum Gasteiger partial charge on any atom is -0.379 e. The van der Waals surface area contributed by atoms with Gasteiger partial charge >= 0.3 is 0 Å². The summed E-state index contributed by atoms with van der Waals surface area (Å²) in [6.45, 7) is 3.39. The molecule has 0 spiro atoms. The standard InChI is InChI=1S/C16H22FNO/c1-11-8-13(4-7-15(11)17)16(9-19-10-16)12-2-5-14(18)6-3-12/h4,7-8,12,14H,2-3,5-6,9-10,18H2,1H3.